The van der Waals surface area contributed by atoms with Crippen LogP contribution in [0.2, 0.25) is 0 Å². The molecule has 32 heavy (non-hydrogen) atoms. The van der Waals surface area contributed by atoms with Crippen LogP contribution in [0.1, 0.15) is 46.1 Å². The van der Waals surface area contributed by atoms with Crippen molar-refractivity contribution >= 4 is 61.2 Å². The summed E-state index contributed by atoms with van der Waals surface area (Å²) in [5, 5.41) is 3.55. The molecule has 0 atom stereocenters. The second-order valence-corrected chi connectivity index (χ2v) is 9.76. The van der Waals surface area contributed by atoms with E-state index in [1.54, 1.807) is 23.4 Å². The highest BCUT2D eigenvalue weighted by molar-refractivity contribution is 9.10. The Morgan fingerprint density at radius 1 is 1.28 bits per heavy atom. The molecule has 0 unspecified atom stereocenters. The summed E-state index contributed by atoms with van der Waals surface area (Å²) in [4.78, 5) is 38.4. The number of aryl methyl sites for hydroxylation is 1. The number of nitrogens with one attached hydrogen (secondary N) is 1. The van der Waals surface area contributed by atoms with Crippen LogP contribution in [0.4, 0.5) is 16.4 Å². The predicted molar refractivity (Wildman–Crippen MR) is 132 cm³/mol. The second kappa shape index (κ2) is 8.60. The number of amides is 2. The Hall–Kier alpha value is -2.84. The average Bonchev–Trinajstić information content (AvgIpc) is 3.29. The van der Waals surface area contributed by atoms with E-state index in [4.69, 9.17) is 4.99 Å². The molecule has 1 N–H and O–H groups in total. The van der Waals surface area contributed by atoms with Gasteiger partial charge in [0.2, 0.25) is 0 Å². The number of hydrogen-bond acceptors (Lipinski definition) is 5. The number of carbonyl (C=O) groups excluding carboxylic acids is 2. The summed E-state index contributed by atoms with van der Waals surface area (Å²) in [7, 11) is 0. The number of hydrogen-bond donors (Lipinski definition) is 1. The van der Waals surface area contributed by atoms with Crippen LogP contribution in [0.5, 0.6) is 0 Å². The fourth-order valence-corrected chi connectivity index (χ4v) is 5.93. The first kappa shape index (κ1) is 21.0. The van der Waals surface area contributed by atoms with E-state index in [1.807, 2.05) is 31.2 Å². The van der Waals surface area contributed by atoms with Crippen LogP contribution in [0.15, 0.2) is 52.2 Å². The normalized spacial score (nSPS) is 16.2. The van der Waals surface area contributed by atoms with E-state index in [1.165, 1.54) is 16.2 Å². The molecule has 0 fully saturated rings. The van der Waals surface area contributed by atoms with Crippen LogP contribution in [-0.2, 0) is 17.6 Å². The molecule has 1 aliphatic carbocycles. The minimum absolute atomic E-state index is 0.134. The minimum atomic E-state index is -0.205. The highest BCUT2D eigenvalue weighted by atomic mass is 79.9. The number of fused-ring (bicyclic) bond motifs is 2. The van der Waals surface area contributed by atoms with Gasteiger partial charge in [-0.2, -0.15) is 0 Å². The van der Waals surface area contributed by atoms with Gasteiger partial charge in [0.15, 0.2) is 0 Å². The van der Waals surface area contributed by atoms with Gasteiger partial charge in [0, 0.05) is 27.7 Å². The number of aromatic nitrogens is 1. The van der Waals surface area contributed by atoms with Crippen LogP contribution < -0.4 is 10.2 Å². The Kier molecular flexibility index (Phi) is 5.65. The third-order valence-electron chi connectivity index (χ3n) is 5.78. The SMILES string of the molecule is CCN1C(=O)C(=Nc2sc3c(c2C(=O)Nc2cccnc2)CCCC3)c2cc(Br)ccc21. The Morgan fingerprint density at radius 3 is 2.91 bits per heavy atom. The van der Waals surface area contributed by atoms with Gasteiger partial charge in [-0.3, -0.25) is 14.6 Å². The molecule has 2 aliphatic rings. The van der Waals surface area contributed by atoms with Crippen molar-refractivity contribution in [3.05, 3.63) is 68.8 Å². The maximum Gasteiger partial charge on any atom is 0.277 e. The monoisotopic (exact) mass is 508 g/mol. The zero-order valence-corrected chi connectivity index (χ0v) is 19.9. The van der Waals surface area contributed by atoms with Gasteiger partial charge < -0.3 is 10.2 Å². The first-order valence-corrected chi connectivity index (χ1v) is 12.2. The number of likely N-dealkylation sites (N-methyl/N-ethyl adjacent to an activating group) is 1. The van der Waals surface area contributed by atoms with E-state index in [0.29, 0.717) is 28.5 Å². The Morgan fingerprint density at radius 2 is 2.12 bits per heavy atom. The van der Waals surface area contributed by atoms with Crippen LogP contribution in [0.25, 0.3) is 0 Å². The molecule has 0 saturated carbocycles. The fourth-order valence-electron chi connectivity index (χ4n) is 4.30. The first-order chi connectivity index (χ1) is 15.6. The summed E-state index contributed by atoms with van der Waals surface area (Å²) in [5.74, 6) is -0.338. The molecular formula is C24H21BrN4O2S. The van der Waals surface area contributed by atoms with Gasteiger partial charge in [0.05, 0.1) is 23.1 Å². The number of pyridine rings is 1. The molecule has 1 aliphatic heterocycles. The predicted octanol–water partition coefficient (Wildman–Crippen LogP) is 5.52. The number of rotatable bonds is 4. The molecule has 1 aromatic carbocycles. The van der Waals surface area contributed by atoms with E-state index in [9.17, 15) is 9.59 Å². The molecule has 2 amide bonds. The Bertz CT molecular complexity index is 1250. The summed E-state index contributed by atoms with van der Waals surface area (Å²) in [6.07, 6.45) is 7.23. The number of aliphatic imine (C=N–C) groups is 1. The van der Waals surface area contributed by atoms with Gasteiger partial charge in [-0.25, -0.2) is 4.99 Å². The van der Waals surface area contributed by atoms with Crippen molar-refractivity contribution in [2.45, 2.75) is 32.6 Å². The first-order valence-electron chi connectivity index (χ1n) is 10.6. The van der Waals surface area contributed by atoms with Crippen molar-refractivity contribution in [1.29, 1.82) is 0 Å². The molecule has 2 aromatic heterocycles. The molecule has 6 nitrogen and oxygen atoms in total. The number of nitrogens with zero attached hydrogens (tertiary/aromatic N) is 3. The number of anilines is 2. The van der Waals surface area contributed by atoms with Gasteiger partial charge in [-0.05, 0) is 68.5 Å². The van der Waals surface area contributed by atoms with Crippen molar-refractivity contribution in [3.63, 3.8) is 0 Å². The number of carbonyl (C=O) groups is 2. The number of thiophene rings is 1. The summed E-state index contributed by atoms with van der Waals surface area (Å²) in [6, 6.07) is 9.37. The van der Waals surface area contributed by atoms with Gasteiger partial charge in [-0.1, -0.05) is 15.9 Å². The smallest absolute Gasteiger partial charge is 0.277 e. The highest BCUT2D eigenvalue weighted by Gasteiger charge is 2.34. The Labute approximate surface area is 198 Å². The van der Waals surface area contributed by atoms with Gasteiger partial charge in [-0.15, -0.1) is 11.3 Å². The molecule has 162 valence electrons. The highest BCUT2D eigenvalue weighted by Crippen LogP contribution is 2.42. The van der Waals surface area contributed by atoms with Gasteiger partial charge >= 0.3 is 0 Å². The van der Waals surface area contributed by atoms with E-state index >= 15 is 0 Å². The average molecular weight is 509 g/mol. The second-order valence-electron chi connectivity index (χ2n) is 7.76. The lowest BCUT2D eigenvalue weighted by Gasteiger charge is -2.13. The van der Waals surface area contributed by atoms with Crippen LogP contribution in [0, 0.1) is 0 Å². The summed E-state index contributed by atoms with van der Waals surface area (Å²) < 4.78 is 0.884. The van der Waals surface area contributed by atoms with E-state index in [-0.39, 0.29) is 11.8 Å². The topological polar surface area (TPSA) is 74.7 Å². The molecular weight excluding hydrogens is 488 g/mol. The zero-order valence-electron chi connectivity index (χ0n) is 17.5. The van der Waals surface area contributed by atoms with Crippen molar-refractivity contribution in [2.75, 3.05) is 16.8 Å². The van der Waals surface area contributed by atoms with Crippen molar-refractivity contribution in [1.82, 2.24) is 4.98 Å². The quantitative estimate of drug-likeness (QED) is 0.503. The number of halogens is 1. The molecule has 0 bridgehead atoms. The fraction of sp³-hybridized carbons (Fsp3) is 0.250. The van der Waals surface area contributed by atoms with Gasteiger partial charge in [0.1, 0.15) is 10.7 Å². The molecule has 0 saturated heterocycles. The van der Waals surface area contributed by atoms with E-state index in [2.05, 4.69) is 26.2 Å². The Balaban J connectivity index is 1.62. The molecule has 3 heterocycles. The van der Waals surface area contributed by atoms with Crippen molar-refractivity contribution in [3.8, 4) is 0 Å². The lowest BCUT2D eigenvalue weighted by molar-refractivity contribution is -0.112. The molecule has 8 heteroatoms. The standard InChI is InChI=1S/C24H21BrN4O2S/c1-2-29-18-10-9-14(25)12-17(18)21(24(29)31)28-23-20(16-7-3-4-8-19(16)32-23)22(30)27-15-6-5-11-26-13-15/h5-6,9-13H,2-4,7-8H2,1H3,(H,27,30). The number of benzene rings is 1. The maximum atomic E-state index is 13.3. The largest absolute Gasteiger partial charge is 0.320 e. The van der Waals surface area contributed by atoms with Crippen molar-refractivity contribution in [2.24, 2.45) is 4.99 Å². The lowest BCUT2D eigenvalue weighted by Crippen LogP contribution is -2.29. The third kappa shape index (κ3) is 3.67. The summed E-state index contributed by atoms with van der Waals surface area (Å²) >= 11 is 5.04. The minimum Gasteiger partial charge on any atom is -0.320 e. The lowest BCUT2D eigenvalue weighted by atomic mass is 9.95. The van der Waals surface area contributed by atoms with Crippen molar-refractivity contribution < 1.29 is 9.59 Å². The zero-order chi connectivity index (χ0) is 22.2. The van der Waals surface area contributed by atoms with E-state index < -0.39 is 0 Å². The van der Waals surface area contributed by atoms with Crippen LogP contribution >= 0.6 is 27.3 Å². The third-order valence-corrected chi connectivity index (χ3v) is 7.46. The van der Waals surface area contributed by atoms with E-state index in [0.717, 1.165) is 47.0 Å². The van der Waals surface area contributed by atoms with Crippen LogP contribution in [-0.4, -0.2) is 29.1 Å². The summed E-state index contributed by atoms with van der Waals surface area (Å²) in [6.45, 7) is 2.51. The molecule has 0 spiro atoms. The molecule has 0 radical (unpaired) electrons. The van der Waals surface area contributed by atoms with Crippen LogP contribution in [0.3, 0.4) is 0 Å². The van der Waals surface area contributed by atoms with Gasteiger partial charge in [0.25, 0.3) is 11.8 Å². The maximum absolute atomic E-state index is 13.3. The molecule has 5 rings (SSSR count). The molecule has 3 aromatic rings. The summed E-state index contributed by atoms with van der Waals surface area (Å²) in [5.41, 5.74) is 4.31.